The summed E-state index contributed by atoms with van der Waals surface area (Å²) < 4.78 is 37.2. The molecule has 3 heterocycles. The maximum absolute atomic E-state index is 15.1. The molecule has 33 heavy (non-hydrogen) atoms. The number of hydrogen-bond donors (Lipinski definition) is 2. The average molecular weight is 471 g/mol. The highest BCUT2D eigenvalue weighted by molar-refractivity contribution is 7.95. The van der Waals surface area contributed by atoms with Crippen LogP contribution in [0.25, 0.3) is 11.0 Å². The van der Waals surface area contributed by atoms with Gasteiger partial charge in [-0.1, -0.05) is 0 Å². The third-order valence-electron chi connectivity index (χ3n) is 6.17. The van der Waals surface area contributed by atoms with E-state index in [1.807, 2.05) is 0 Å². The largest absolute Gasteiger partial charge is 0.495 e. The molecular formula is C23H27FN6O2S. The lowest BCUT2D eigenvalue weighted by Crippen LogP contribution is -2.54. The van der Waals surface area contributed by atoms with E-state index in [4.69, 9.17) is 10.5 Å². The zero-order valence-electron chi connectivity index (χ0n) is 19.2. The van der Waals surface area contributed by atoms with Crippen LogP contribution in [0.3, 0.4) is 0 Å². The molecule has 2 aromatic heterocycles. The van der Waals surface area contributed by atoms with Crippen molar-refractivity contribution in [1.29, 1.82) is 0 Å². The van der Waals surface area contributed by atoms with Crippen molar-refractivity contribution in [3.05, 3.63) is 54.1 Å². The second-order valence-electron chi connectivity index (χ2n) is 8.67. The standard InChI is InChI=1S/C23H27FN6O2S/c1-22(2)21(25)30-23(3,13-33(22,31)26-4)16-10-14(6-7-17(16)24)29-18-8-9-27-19-11-15(32-5)12-28-20(18)19/h6-12H,13H2,1-5H3,(H2,25,30)(H,27,29)/t23-,33?/m0/s1. The number of aromatic nitrogens is 2. The van der Waals surface area contributed by atoms with E-state index >= 15 is 4.39 Å². The highest BCUT2D eigenvalue weighted by Gasteiger charge is 2.47. The Morgan fingerprint density at radius 3 is 2.67 bits per heavy atom. The molecule has 10 heteroatoms. The van der Waals surface area contributed by atoms with Crippen molar-refractivity contribution in [3.8, 4) is 5.75 Å². The van der Waals surface area contributed by atoms with Gasteiger partial charge in [-0.05, 0) is 45.0 Å². The number of halogens is 1. The number of ether oxygens (including phenoxy) is 1. The molecule has 1 aromatic carbocycles. The Bertz CT molecular complexity index is 1400. The van der Waals surface area contributed by atoms with Crippen LogP contribution in [0.4, 0.5) is 15.8 Å². The van der Waals surface area contributed by atoms with Gasteiger partial charge in [-0.2, -0.15) is 0 Å². The van der Waals surface area contributed by atoms with Crippen LogP contribution < -0.4 is 15.8 Å². The monoisotopic (exact) mass is 470 g/mol. The molecule has 0 amide bonds. The lowest BCUT2D eigenvalue weighted by molar-refractivity contribution is 0.413. The molecule has 0 saturated heterocycles. The van der Waals surface area contributed by atoms with Gasteiger partial charge in [0.1, 0.15) is 33.2 Å². The minimum atomic E-state index is -2.78. The van der Waals surface area contributed by atoms with Gasteiger partial charge in [-0.3, -0.25) is 9.98 Å². The van der Waals surface area contributed by atoms with Crippen molar-refractivity contribution in [2.45, 2.75) is 31.1 Å². The highest BCUT2D eigenvalue weighted by Crippen LogP contribution is 2.40. The Morgan fingerprint density at radius 1 is 1.21 bits per heavy atom. The van der Waals surface area contributed by atoms with E-state index < -0.39 is 25.8 Å². The lowest BCUT2D eigenvalue weighted by atomic mass is 9.92. The smallest absolute Gasteiger partial charge is 0.139 e. The number of methoxy groups -OCH3 is 1. The van der Waals surface area contributed by atoms with E-state index in [0.717, 1.165) is 0 Å². The summed E-state index contributed by atoms with van der Waals surface area (Å²) in [6.07, 6.45) is 3.27. The fourth-order valence-corrected chi connectivity index (χ4v) is 6.28. The Balaban J connectivity index is 1.78. The average Bonchev–Trinajstić information content (AvgIpc) is 2.78. The summed E-state index contributed by atoms with van der Waals surface area (Å²) in [5.74, 6) is 0.400. The lowest BCUT2D eigenvalue weighted by Gasteiger charge is -2.40. The fraction of sp³-hybridized carbons (Fsp3) is 0.348. The number of rotatable bonds is 4. The first kappa shape index (κ1) is 22.9. The van der Waals surface area contributed by atoms with Crippen molar-refractivity contribution in [2.75, 3.05) is 25.2 Å². The molecule has 0 spiro atoms. The Morgan fingerprint density at radius 2 is 1.97 bits per heavy atom. The second kappa shape index (κ2) is 7.95. The summed E-state index contributed by atoms with van der Waals surface area (Å²) in [6, 6.07) is 8.22. The molecule has 3 aromatic rings. The van der Waals surface area contributed by atoms with Crippen molar-refractivity contribution in [2.24, 2.45) is 15.1 Å². The molecule has 8 nitrogen and oxygen atoms in total. The number of benzene rings is 1. The molecule has 0 radical (unpaired) electrons. The molecule has 0 aliphatic carbocycles. The first-order valence-corrected chi connectivity index (χ1v) is 12.1. The van der Waals surface area contributed by atoms with E-state index in [1.54, 1.807) is 64.5 Å². The first-order chi connectivity index (χ1) is 15.5. The van der Waals surface area contributed by atoms with E-state index in [-0.39, 0.29) is 17.2 Å². The highest BCUT2D eigenvalue weighted by atomic mass is 32.2. The van der Waals surface area contributed by atoms with Gasteiger partial charge in [0.2, 0.25) is 0 Å². The quantitative estimate of drug-likeness (QED) is 0.596. The van der Waals surface area contributed by atoms with Gasteiger partial charge in [-0.25, -0.2) is 17.9 Å². The van der Waals surface area contributed by atoms with Crippen LogP contribution in [0.2, 0.25) is 0 Å². The van der Waals surface area contributed by atoms with E-state index in [0.29, 0.717) is 28.2 Å². The summed E-state index contributed by atoms with van der Waals surface area (Å²) in [5, 5.41) is 3.29. The number of amidine groups is 1. The number of nitrogens with two attached hydrogens (primary N) is 1. The molecule has 2 atom stereocenters. The summed E-state index contributed by atoms with van der Waals surface area (Å²) in [7, 11) is 0.291. The third-order valence-corrected chi connectivity index (χ3v) is 9.51. The molecule has 0 bridgehead atoms. The number of aliphatic imine (C=N–C) groups is 1. The zero-order chi connectivity index (χ0) is 24.0. The third kappa shape index (κ3) is 3.78. The van der Waals surface area contributed by atoms with Crippen LogP contribution in [-0.4, -0.2) is 44.7 Å². The Kier molecular flexibility index (Phi) is 5.52. The van der Waals surface area contributed by atoms with Crippen molar-refractivity contribution in [3.63, 3.8) is 0 Å². The van der Waals surface area contributed by atoms with Crippen LogP contribution in [0.5, 0.6) is 5.75 Å². The molecule has 1 aliphatic heterocycles. The van der Waals surface area contributed by atoms with Crippen molar-refractivity contribution < 1.29 is 13.3 Å². The number of hydrogen-bond acceptors (Lipinski definition) is 8. The zero-order valence-corrected chi connectivity index (χ0v) is 20.0. The number of pyridine rings is 2. The van der Waals surface area contributed by atoms with Gasteiger partial charge < -0.3 is 15.8 Å². The summed E-state index contributed by atoms with van der Waals surface area (Å²) in [4.78, 5) is 13.4. The number of anilines is 2. The van der Waals surface area contributed by atoms with Crippen LogP contribution in [-0.2, 0) is 15.3 Å². The van der Waals surface area contributed by atoms with Gasteiger partial charge in [0, 0.05) is 30.6 Å². The molecule has 0 saturated carbocycles. The van der Waals surface area contributed by atoms with Crippen LogP contribution in [0.15, 0.2) is 52.1 Å². The molecule has 3 N–H and O–H groups in total. The van der Waals surface area contributed by atoms with E-state index in [2.05, 4.69) is 24.6 Å². The first-order valence-electron chi connectivity index (χ1n) is 10.4. The number of nitrogens with zero attached hydrogens (tertiary/aromatic N) is 4. The minimum absolute atomic E-state index is 0.0596. The van der Waals surface area contributed by atoms with Crippen LogP contribution >= 0.6 is 0 Å². The number of nitrogens with one attached hydrogen (secondary N) is 1. The summed E-state index contributed by atoms with van der Waals surface area (Å²) in [6.45, 7) is 5.25. The van der Waals surface area contributed by atoms with Crippen molar-refractivity contribution >= 4 is 38.0 Å². The predicted molar refractivity (Wildman–Crippen MR) is 130 cm³/mol. The minimum Gasteiger partial charge on any atom is -0.495 e. The second-order valence-corrected chi connectivity index (χ2v) is 11.6. The van der Waals surface area contributed by atoms with Gasteiger partial charge >= 0.3 is 0 Å². The molecular weight excluding hydrogens is 443 g/mol. The molecule has 1 aliphatic rings. The Hall–Kier alpha value is -3.27. The van der Waals surface area contributed by atoms with Gasteiger partial charge in [0.05, 0.1) is 40.0 Å². The van der Waals surface area contributed by atoms with Crippen LogP contribution in [0, 0.1) is 5.82 Å². The number of fused-ring (bicyclic) bond motifs is 1. The summed E-state index contributed by atoms with van der Waals surface area (Å²) >= 11 is 0. The molecule has 0 fully saturated rings. The maximum Gasteiger partial charge on any atom is 0.139 e. The van der Waals surface area contributed by atoms with E-state index in [1.165, 1.54) is 13.1 Å². The topological polar surface area (TPSA) is 115 Å². The van der Waals surface area contributed by atoms with Gasteiger partial charge in [-0.15, -0.1) is 0 Å². The molecule has 4 rings (SSSR count). The maximum atomic E-state index is 15.1. The van der Waals surface area contributed by atoms with E-state index in [9.17, 15) is 4.21 Å². The van der Waals surface area contributed by atoms with Gasteiger partial charge in [0.25, 0.3) is 0 Å². The van der Waals surface area contributed by atoms with Crippen molar-refractivity contribution in [1.82, 2.24) is 9.97 Å². The summed E-state index contributed by atoms with van der Waals surface area (Å²) in [5.41, 5.74) is 8.00. The van der Waals surface area contributed by atoms with Gasteiger partial charge in [0.15, 0.2) is 0 Å². The SMILES string of the molecule is CN=S1(=O)C[C@@](C)(c2cc(Nc3ccnc4cc(OC)cnc34)ccc2F)N=C(N)C1(C)C. The normalized spacial score (nSPS) is 24.2. The molecule has 1 unspecified atom stereocenters. The van der Waals surface area contributed by atoms with Crippen LogP contribution in [0.1, 0.15) is 26.3 Å². The Labute approximate surface area is 192 Å². The fourth-order valence-electron chi connectivity index (χ4n) is 3.98. The predicted octanol–water partition coefficient (Wildman–Crippen LogP) is 3.98. The molecule has 174 valence electrons.